The average Bonchev–Trinajstić information content (AvgIpc) is 2.16. The van der Waals surface area contributed by atoms with E-state index in [1.807, 2.05) is 48.5 Å². The Hall–Kier alpha value is -0.0800. The van der Waals surface area contributed by atoms with Crippen LogP contribution < -0.4 is 5.32 Å². The molecule has 0 aromatic heterocycles. The summed E-state index contributed by atoms with van der Waals surface area (Å²) in [6.07, 6.45) is 0. The lowest BCUT2D eigenvalue weighted by Gasteiger charge is -1.85. The second-order valence-electron chi connectivity index (χ2n) is 0.762. The van der Waals surface area contributed by atoms with Crippen molar-refractivity contribution in [2.24, 2.45) is 0 Å². The molecule has 0 aliphatic carbocycles. The minimum Gasteiger partial charge on any atom is -0.381 e. The first-order valence-electron chi connectivity index (χ1n) is 4.73. The maximum atomic E-state index is 7.96. The van der Waals surface area contributed by atoms with Crippen LogP contribution in [0.1, 0.15) is 48.5 Å². The van der Waals surface area contributed by atoms with Gasteiger partial charge in [0.15, 0.2) is 0 Å². The zero-order valence-corrected chi connectivity index (χ0v) is 9.36. The van der Waals surface area contributed by atoms with E-state index in [1.54, 1.807) is 0 Å². The molecule has 0 fully saturated rings. The summed E-state index contributed by atoms with van der Waals surface area (Å²) in [4.78, 5) is 0. The highest BCUT2D eigenvalue weighted by molar-refractivity contribution is 4.20. The lowest BCUT2D eigenvalue weighted by atomic mass is 10.8. The van der Waals surface area contributed by atoms with Crippen molar-refractivity contribution in [2.75, 3.05) is 13.3 Å². The molecule has 0 amide bonds. The van der Waals surface area contributed by atoms with E-state index >= 15 is 0 Å². The minimum atomic E-state index is 0.0938. The van der Waals surface area contributed by atoms with Gasteiger partial charge in [-0.3, -0.25) is 5.32 Å². The predicted molar refractivity (Wildman–Crippen MR) is 54.8 cm³/mol. The van der Waals surface area contributed by atoms with Gasteiger partial charge in [0.2, 0.25) is 0 Å². The van der Waals surface area contributed by atoms with Crippen LogP contribution in [0, 0.1) is 0 Å². The van der Waals surface area contributed by atoms with E-state index in [0.717, 1.165) is 6.54 Å². The van der Waals surface area contributed by atoms with E-state index in [4.69, 9.17) is 5.11 Å². The number of hydrogen-bond acceptors (Lipinski definition) is 2. The number of nitrogens with one attached hydrogen (secondary N) is 1. The first-order valence-corrected chi connectivity index (χ1v) is 4.73. The number of aliphatic hydroxyl groups is 1. The van der Waals surface area contributed by atoms with Crippen molar-refractivity contribution in [1.29, 1.82) is 0 Å². The molecule has 0 spiro atoms. The fourth-order valence-electron chi connectivity index (χ4n) is 0.112. The van der Waals surface area contributed by atoms with E-state index in [9.17, 15) is 0 Å². The summed E-state index contributed by atoms with van der Waals surface area (Å²) in [5.74, 6) is 0. The molecule has 0 bridgehead atoms. The van der Waals surface area contributed by atoms with Gasteiger partial charge >= 0.3 is 0 Å². The molecule has 0 heterocycles. The Bertz CT molecular complexity index is 17.0. The van der Waals surface area contributed by atoms with E-state index < -0.39 is 0 Å². The Kier molecular flexibility index (Phi) is 189. The van der Waals surface area contributed by atoms with Crippen LogP contribution in [0.15, 0.2) is 0 Å². The molecule has 0 radical (unpaired) electrons. The third-order valence-electron chi connectivity index (χ3n) is 0.362. The van der Waals surface area contributed by atoms with Crippen molar-refractivity contribution >= 4 is 0 Å². The van der Waals surface area contributed by atoms with E-state index in [0.29, 0.717) is 0 Å². The maximum Gasteiger partial charge on any atom is 0.0931 e. The third kappa shape index (κ3) is 169. The fraction of sp³-hybridized carbons (Fsp3) is 1.00. The van der Waals surface area contributed by atoms with Gasteiger partial charge in [0, 0.05) is 0 Å². The van der Waals surface area contributed by atoms with Crippen LogP contribution in [0.2, 0.25) is 0 Å². The molecule has 0 atom stereocenters. The quantitative estimate of drug-likeness (QED) is 0.616. The van der Waals surface area contributed by atoms with Crippen LogP contribution in [-0.4, -0.2) is 18.4 Å². The lowest BCUT2D eigenvalue weighted by molar-refractivity contribution is 0.264. The van der Waals surface area contributed by atoms with Gasteiger partial charge in [-0.05, 0) is 6.54 Å². The Balaban J connectivity index is -0.0000000350. The molecule has 2 N–H and O–H groups in total. The smallest absolute Gasteiger partial charge is 0.0931 e. The Morgan fingerprint density at radius 2 is 1.18 bits per heavy atom. The maximum absolute atomic E-state index is 7.96. The van der Waals surface area contributed by atoms with Crippen LogP contribution >= 0.6 is 0 Å². The summed E-state index contributed by atoms with van der Waals surface area (Å²) >= 11 is 0. The Morgan fingerprint density at radius 1 is 0.909 bits per heavy atom. The molecular formula is C9H27NO. The molecule has 0 rings (SSSR count). The number of aliphatic hydroxyl groups excluding tert-OH is 1. The summed E-state index contributed by atoms with van der Waals surface area (Å²) in [7, 11) is 0. The minimum absolute atomic E-state index is 0.0938. The molecule has 2 heteroatoms. The summed E-state index contributed by atoms with van der Waals surface area (Å²) in [6.45, 7) is 14.9. The second kappa shape index (κ2) is 92.6. The molecular weight excluding hydrogens is 138 g/mol. The fourth-order valence-corrected chi connectivity index (χ4v) is 0.112. The Labute approximate surface area is 73.0 Å². The number of hydrogen-bond donors (Lipinski definition) is 2. The highest BCUT2D eigenvalue weighted by atomic mass is 16.3. The lowest BCUT2D eigenvalue weighted by Crippen LogP contribution is -2.12. The SMILES string of the molecule is CC.CC.CC.CCNCO. The van der Waals surface area contributed by atoms with Crippen LogP contribution in [-0.2, 0) is 0 Å². The van der Waals surface area contributed by atoms with Crippen LogP contribution in [0.25, 0.3) is 0 Å². The summed E-state index contributed by atoms with van der Waals surface area (Å²) in [6, 6.07) is 0. The van der Waals surface area contributed by atoms with Crippen molar-refractivity contribution < 1.29 is 5.11 Å². The Morgan fingerprint density at radius 3 is 1.18 bits per heavy atom. The largest absolute Gasteiger partial charge is 0.381 e. The normalized spacial score (nSPS) is 5.45. The molecule has 0 aromatic rings. The molecule has 0 unspecified atom stereocenters. The first-order chi connectivity index (χ1) is 5.41. The topological polar surface area (TPSA) is 32.3 Å². The zero-order valence-electron chi connectivity index (χ0n) is 9.36. The van der Waals surface area contributed by atoms with Gasteiger partial charge in [0.25, 0.3) is 0 Å². The molecule has 2 nitrogen and oxygen atoms in total. The van der Waals surface area contributed by atoms with Gasteiger partial charge in [-0.1, -0.05) is 48.5 Å². The molecule has 0 saturated heterocycles. The third-order valence-corrected chi connectivity index (χ3v) is 0.362. The van der Waals surface area contributed by atoms with E-state index in [-0.39, 0.29) is 6.73 Å². The average molecular weight is 165 g/mol. The molecule has 0 aliphatic rings. The molecule has 11 heavy (non-hydrogen) atoms. The van der Waals surface area contributed by atoms with Crippen molar-refractivity contribution in [3.05, 3.63) is 0 Å². The highest BCUT2D eigenvalue weighted by Gasteiger charge is 1.63. The van der Waals surface area contributed by atoms with Crippen molar-refractivity contribution in [2.45, 2.75) is 48.5 Å². The first kappa shape index (κ1) is 22.4. The van der Waals surface area contributed by atoms with Gasteiger partial charge in [0.05, 0.1) is 6.73 Å². The monoisotopic (exact) mass is 165 g/mol. The van der Waals surface area contributed by atoms with Gasteiger partial charge in [-0.2, -0.15) is 0 Å². The van der Waals surface area contributed by atoms with Crippen LogP contribution in [0.3, 0.4) is 0 Å². The van der Waals surface area contributed by atoms with Crippen molar-refractivity contribution in [3.8, 4) is 0 Å². The summed E-state index contributed by atoms with van der Waals surface area (Å²) < 4.78 is 0. The van der Waals surface area contributed by atoms with Gasteiger partial charge in [0.1, 0.15) is 0 Å². The van der Waals surface area contributed by atoms with Crippen LogP contribution in [0.5, 0.6) is 0 Å². The predicted octanol–water partition coefficient (Wildman–Crippen LogP) is 2.62. The van der Waals surface area contributed by atoms with Crippen molar-refractivity contribution in [3.63, 3.8) is 0 Å². The molecule has 0 saturated carbocycles. The van der Waals surface area contributed by atoms with E-state index in [1.165, 1.54) is 0 Å². The second-order valence-corrected chi connectivity index (χ2v) is 0.762. The van der Waals surface area contributed by atoms with Gasteiger partial charge in [-0.15, -0.1) is 0 Å². The zero-order chi connectivity index (χ0) is 10.1. The molecule has 0 aliphatic heterocycles. The standard InChI is InChI=1S/C3H9NO.3C2H6/c1-2-4-3-5;3*1-2/h4-5H,2-3H2,1H3;3*1-2H3. The number of rotatable bonds is 2. The van der Waals surface area contributed by atoms with Gasteiger partial charge < -0.3 is 5.11 Å². The van der Waals surface area contributed by atoms with E-state index in [2.05, 4.69) is 5.32 Å². The summed E-state index contributed by atoms with van der Waals surface area (Å²) in [5, 5.41) is 10.6. The van der Waals surface area contributed by atoms with Gasteiger partial charge in [-0.25, -0.2) is 0 Å². The highest BCUT2D eigenvalue weighted by Crippen LogP contribution is 1.43. The molecule has 0 aromatic carbocycles. The summed E-state index contributed by atoms with van der Waals surface area (Å²) in [5.41, 5.74) is 0. The van der Waals surface area contributed by atoms with Crippen molar-refractivity contribution in [1.82, 2.24) is 5.32 Å². The molecule has 74 valence electrons. The van der Waals surface area contributed by atoms with Crippen LogP contribution in [0.4, 0.5) is 0 Å².